The van der Waals surface area contributed by atoms with Gasteiger partial charge in [0, 0.05) is 27.8 Å². The highest BCUT2D eigenvalue weighted by atomic mass is 35.5. The number of esters is 1. The van der Waals surface area contributed by atoms with E-state index in [0.717, 1.165) is 0 Å². The molecule has 0 fully saturated rings. The molecule has 0 radical (unpaired) electrons. The van der Waals surface area contributed by atoms with Gasteiger partial charge in [-0.3, -0.25) is 0 Å². The molecule has 0 saturated heterocycles. The van der Waals surface area contributed by atoms with Gasteiger partial charge in [-0.15, -0.1) is 0 Å². The van der Waals surface area contributed by atoms with Crippen LogP contribution in [0.2, 0.25) is 10.0 Å². The van der Waals surface area contributed by atoms with Crippen LogP contribution in [0.15, 0.2) is 54.6 Å². The van der Waals surface area contributed by atoms with Crippen molar-refractivity contribution in [2.24, 2.45) is 0 Å². The lowest BCUT2D eigenvalue weighted by Gasteiger charge is -2.18. The molecule has 0 aliphatic heterocycles. The van der Waals surface area contributed by atoms with E-state index in [1.165, 1.54) is 6.07 Å². The van der Waals surface area contributed by atoms with Crippen molar-refractivity contribution in [1.29, 1.82) is 0 Å². The third-order valence-corrected chi connectivity index (χ3v) is 5.04. The highest BCUT2D eigenvalue weighted by molar-refractivity contribution is 6.31. The Kier molecular flexibility index (Phi) is 8.00. The monoisotopic (exact) mass is 460 g/mol. The SMILES string of the molecule is CCOC(=O)C(F)c1cccc(OCc2cc#ccc2Cl)c1OCc1ccccc1Cl. The van der Waals surface area contributed by atoms with Gasteiger partial charge in [-0.1, -0.05) is 65.7 Å². The Hall–Kier alpha value is -2.94. The van der Waals surface area contributed by atoms with Crippen LogP contribution in [-0.2, 0) is 22.7 Å². The molecule has 3 aromatic carbocycles. The van der Waals surface area contributed by atoms with Crippen LogP contribution in [0.25, 0.3) is 0 Å². The average Bonchev–Trinajstić information content (AvgIpc) is 2.78. The van der Waals surface area contributed by atoms with E-state index in [1.54, 1.807) is 49.4 Å². The quantitative estimate of drug-likeness (QED) is 0.350. The summed E-state index contributed by atoms with van der Waals surface area (Å²) in [5.74, 6) is -0.663. The first-order valence-corrected chi connectivity index (χ1v) is 10.3. The van der Waals surface area contributed by atoms with Crippen molar-refractivity contribution in [3.05, 3.63) is 93.5 Å². The third-order valence-electron chi connectivity index (χ3n) is 4.32. The van der Waals surface area contributed by atoms with Gasteiger partial charge in [0.1, 0.15) is 13.2 Å². The van der Waals surface area contributed by atoms with Gasteiger partial charge in [0.05, 0.1) is 11.6 Å². The van der Waals surface area contributed by atoms with Crippen LogP contribution in [0.3, 0.4) is 0 Å². The predicted molar refractivity (Wildman–Crippen MR) is 116 cm³/mol. The van der Waals surface area contributed by atoms with E-state index in [9.17, 15) is 9.18 Å². The maximum atomic E-state index is 14.9. The molecule has 1 atom stereocenters. The first kappa shape index (κ1) is 22.7. The van der Waals surface area contributed by atoms with Crippen molar-refractivity contribution in [2.45, 2.75) is 26.3 Å². The van der Waals surface area contributed by atoms with Crippen molar-refractivity contribution in [1.82, 2.24) is 0 Å². The molecular weight excluding hydrogens is 442 g/mol. The average molecular weight is 461 g/mol. The van der Waals surface area contributed by atoms with Crippen LogP contribution in [-0.4, -0.2) is 12.6 Å². The Labute approximate surface area is 190 Å². The molecule has 0 aliphatic rings. The van der Waals surface area contributed by atoms with E-state index in [1.807, 2.05) is 6.07 Å². The highest BCUT2D eigenvalue weighted by Crippen LogP contribution is 2.38. The van der Waals surface area contributed by atoms with E-state index < -0.39 is 12.1 Å². The second kappa shape index (κ2) is 10.9. The summed E-state index contributed by atoms with van der Waals surface area (Å²) >= 11 is 12.4. The van der Waals surface area contributed by atoms with E-state index in [2.05, 4.69) is 12.1 Å². The molecule has 0 heterocycles. The zero-order valence-electron chi connectivity index (χ0n) is 16.7. The summed E-state index contributed by atoms with van der Waals surface area (Å²) in [5, 5.41) is 0.968. The number of carbonyl (C=O) groups is 1. The molecule has 0 saturated carbocycles. The highest BCUT2D eigenvalue weighted by Gasteiger charge is 2.27. The standard InChI is InChI=1S/C24H19Cl2FO4/c1-2-29-24(28)22(27)18-10-7-13-21(30-14-16-8-3-5-11-19(16)25)23(18)31-15-17-9-4-6-12-20(17)26/h4,6-13,22H,2,14-15H2,1H3. The summed E-state index contributed by atoms with van der Waals surface area (Å²) in [6, 6.07) is 20.6. The Morgan fingerprint density at radius 3 is 2.45 bits per heavy atom. The minimum absolute atomic E-state index is 0.00191. The van der Waals surface area contributed by atoms with Gasteiger partial charge in [0.2, 0.25) is 6.17 Å². The molecule has 160 valence electrons. The van der Waals surface area contributed by atoms with Crippen LogP contribution in [0.5, 0.6) is 11.5 Å². The Bertz CT molecular complexity index is 1040. The molecule has 0 aromatic heterocycles. The molecule has 3 aromatic rings. The fourth-order valence-electron chi connectivity index (χ4n) is 2.77. The molecule has 0 bridgehead atoms. The van der Waals surface area contributed by atoms with Crippen LogP contribution < -0.4 is 9.47 Å². The molecule has 0 spiro atoms. The summed E-state index contributed by atoms with van der Waals surface area (Å²) < 4.78 is 31.5. The molecule has 0 N–H and O–H groups in total. The Morgan fingerprint density at radius 1 is 0.968 bits per heavy atom. The number of rotatable bonds is 9. The van der Waals surface area contributed by atoms with E-state index >= 15 is 0 Å². The molecular formula is C24H19Cl2FO4. The van der Waals surface area contributed by atoms with Gasteiger partial charge in [-0.05, 0) is 25.1 Å². The Balaban J connectivity index is 1.91. The number of alkyl halides is 1. The first-order valence-electron chi connectivity index (χ1n) is 9.50. The largest absolute Gasteiger partial charge is 0.485 e. The van der Waals surface area contributed by atoms with Gasteiger partial charge in [0.15, 0.2) is 11.5 Å². The normalized spacial score (nSPS) is 11.4. The lowest BCUT2D eigenvalue weighted by Crippen LogP contribution is -2.14. The van der Waals surface area contributed by atoms with Crippen molar-refractivity contribution in [3.8, 4) is 11.5 Å². The fraction of sp³-hybridized carbons (Fsp3) is 0.208. The maximum absolute atomic E-state index is 14.9. The van der Waals surface area contributed by atoms with E-state index in [0.29, 0.717) is 21.2 Å². The number of hydrogen-bond donors (Lipinski definition) is 0. The number of benzene rings is 2. The topological polar surface area (TPSA) is 44.8 Å². The van der Waals surface area contributed by atoms with Gasteiger partial charge in [0.25, 0.3) is 0 Å². The van der Waals surface area contributed by atoms with Crippen molar-refractivity contribution in [2.75, 3.05) is 6.61 Å². The van der Waals surface area contributed by atoms with Crippen LogP contribution in [0.1, 0.15) is 29.8 Å². The second-order valence-corrected chi connectivity index (χ2v) is 7.22. The summed E-state index contributed by atoms with van der Waals surface area (Å²) in [7, 11) is 0. The number of hydrogen-bond acceptors (Lipinski definition) is 4. The second-order valence-electron chi connectivity index (χ2n) is 6.41. The molecule has 3 rings (SSSR count). The third kappa shape index (κ3) is 5.81. The Morgan fingerprint density at radius 2 is 1.71 bits per heavy atom. The first-order chi connectivity index (χ1) is 15.0. The smallest absolute Gasteiger partial charge is 0.345 e. The fourth-order valence-corrected chi connectivity index (χ4v) is 3.12. The van der Waals surface area contributed by atoms with Crippen molar-refractivity contribution < 1.29 is 23.4 Å². The minimum atomic E-state index is -2.03. The molecule has 4 nitrogen and oxygen atoms in total. The van der Waals surface area contributed by atoms with Crippen molar-refractivity contribution in [3.63, 3.8) is 0 Å². The summed E-state index contributed by atoms with van der Waals surface area (Å²) in [5.41, 5.74) is 1.37. The molecule has 1 unspecified atom stereocenters. The van der Waals surface area contributed by atoms with Crippen LogP contribution >= 0.6 is 23.2 Å². The van der Waals surface area contributed by atoms with Gasteiger partial charge >= 0.3 is 5.97 Å². The number of halogens is 3. The van der Waals surface area contributed by atoms with Crippen LogP contribution in [0, 0.1) is 12.1 Å². The lowest BCUT2D eigenvalue weighted by molar-refractivity contribution is -0.149. The molecule has 7 heteroatoms. The van der Waals surface area contributed by atoms with E-state index in [-0.39, 0.29) is 36.9 Å². The summed E-state index contributed by atoms with van der Waals surface area (Å²) in [6.45, 7) is 1.81. The summed E-state index contributed by atoms with van der Waals surface area (Å²) in [4.78, 5) is 12.0. The maximum Gasteiger partial charge on any atom is 0.345 e. The van der Waals surface area contributed by atoms with Crippen molar-refractivity contribution >= 4 is 29.2 Å². The van der Waals surface area contributed by atoms with E-state index in [4.69, 9.17) is 37.4 Å². The number of ether oxygens (including phenoxy) is 3. The molecule has 0 aliphatic carbocycles. The lowest BCUT2D eigenvalue weighted by atomic mass is 10.1. The summed E-state index contributed by atoms with van der Waals surface area (Å²) in [6.07, 6.45) is -2.03. The zero-order valence-corrected chi connectivity index (χ0v) is 18.2. The number of carbonyl (C=O) groups excluding carboxylic acids is 1. The van der Waals surface area contributed by atoms with Crippen LogP contribution in [0.4, 0.5) is 4.39 Å². The zero-order chi connectivity index (χ0) is 22.2. The molecule has 0 amide bonds. The molecule has 31 heavy (non-hydrogen) atoms. The van der Waals surface area contributed by atoms with Gasteiger partial charge in [-0.25, -0.2) is 9.18 Å². The van der Waals surface area contributed by atoms with Gasteiger partial charge < -0.3 is 14.2 Å². The predicted octanol–water partition coefficient (Wildman–Crippen LogP) is 6.33. The number of para-hydroxylation sites is 1. The van der Waals surface area contributed by atoms with Gasteiger partial charge in [-0.2, -0.15) is 0 Å². The minimum Gasteiger partial charge on any atom is -0.485 e.